The van der Waals surface area contributed by atoms with E-state index in [9.17, 15) is 0 Å². The van der Waals surface area contributed by atoms with Gasteiger partial charge in [-0.2, -0.15) is 0 Å². The van der Waals surface area contributed by atoms with Crippen LogP contribution >= 0.6 is 35.0 Å². The Balaban J connectivity index is 1.60. The molecule has 0 saturated carbocycles. The molecule has 4 aromatic rings. The lowest BCUT2D eigenvalue weighted by Gasteiger charge is -2.19. The fourth-order valence-corrected chi connectivity index (χ4v) is 4.63. The highest BCUT2D eigenvalue weighted by Crippen LogP contribution is 2.40. The Morgan fingerprint density at radius 3 is 2.37 bits per heavy atom. The first-order valence-corrected chi connectivity index (χ1v) is 9.98. The van der Waals surface area contributed by atoms with E-state index in [4.69, 9.17) is 23.2 Å². The normalized spacial score (nSPS) is 12.2. The monoisotopic (exact) mass is 414 g/mol. The molecule has 1 unspecified atom stereocenters. The summed E-state index contributed by atoms with van der Waals surface area (Å²) in [7, 11) is 0. The Morgan fingerprint density at radius 1 is 0.926 bits per heavy atom. The lowest BCUT2D eigenvalue weighted by molar-refractivity contribution is 0.683. The smallest absolute Gasteiger partial charge is 0.0991 e. The molecule has 2 aromatic carbocycles. The summed E-state index contributed by atoms with van der Waals surface area (Å²) in [5, 5.41) is 1.44. The first-order valence-electron chi connectivity index (χ1n) is 8.35. The lowest BCUT2D eigenvalue weighted by atomic mass is 10.1. The average Bonchev–Trinajstić information content (AvgIpc) is 3.36. The lowest BCUT2D eigenvalue weighted by Crippen LogP contribution is -2.05. The molecule has 0 aliphatic carbocycles. The Kier molecular flexibility index (Phi) is 5.53. The van der Waals surface area contributed by atoms with Crippen molar-refractivity contribution in [2.24, 2.45) is 0 Å². The average molecular weight is 415 g/mol. The van der Waals surface area contributed by atoms with Crippen molar-refractivity contribution in [3.8, 4) is 5.69 Å². The number of aromatic nitrogens is 4. The number of halogens is 2. The van der Waals surface area contributed by atoms with Gasteiger partial charge in [0, 0.05) is 52.0 Å². The van der Waals surface area contributed by atoms with Crippen LogP contribution in [0.1, 0.15) is 10.8 Å². The maximum Gasteiger partial charge on any atom is 0.0991 e. The van der Waals surface area contributed by atoms with Crippen LogP contribution in [0.15, 0.2) is 84.8 Å². The number of rotatable bonds is 6. The zero-order valence-electron chi connectivity index (χ0n) is 14.2. The fourth-order valence-electron chi connectivity index (χ4n) is 2.82. The van der Waals surface area contributed by atoms with E-state index in [1.54, 1.807) is 36.5 Å². The van der Waals surface area contributed by atoms with Crippen molar-refractivity contribution < 1.29 is 0 Å². The molecule has 2 aromatic heterocycles. The van der Waals surface area contributed by atoms with Crippen LogP contribution in [0.25, 0.3) is 5.69 Å². The molecule has 0 N–H and O–H groups in total. The standard InChI is InChI=1S/C20H16Cl2N4S/c21-15-1-6-18(19(22)11-15)20(12-25-9-7-23-13-25)27-17-4-2-16(3-5-17)26-10-8-24-14-26/h1-11,13-14,20H,12H2. The summed E-state index contributed by atoms with van der Waals surface area (Å²) >= 11 is 14.3. The number of thioether (sulfide) groups is 1. The molecule has 7 heteroatoms. The van der Waals surface area contributed by atoms with Gasteiger partial charge in [-0.25, -0.2) is 9.97 Å². The van der Waals surface area contributed by atoms with Crippen molar-refractivity contribution in [2.45, 2.75) is 16.7 Å². The summed E-state index contributed by atoms with van der Waals surface area (Å²) in [6.45, 7) is 0.759. The largest absolute Gasteiger partial charge is 0.336 e. The molecular formula is C20H16Cl2N4S. The van der Waals surface area contributed by atoms with Crippen LogP contribution in [0.5, 0.6) is 0 Å². The molecule has 4 nitrogen and oxygen atoms in total. The van der Waals surface area contributed by atoms with Gasteiger partial charge in [0.15, 0.2) is 0 Å². The van der Waals surface area contributed by atoms with E-state index in [-0.39, 0.29) is 5.25 Å². The highest BCUT2D eigenvalue weighted by molar-refractivity contribution is 7.99. The van der Waals surface area contributed by atoms with Gasteiger partial charge in [0.25, 0.3) is 0 Å². The number of hydrogen-bond acceptors (Lipinski definition) is 3. The topological polar surface area (TPSA) is 35.6 Å². The minimum Gasteiger partial charge on any atom is -0.336 e. The molecule has 0 amide bonds. The third-order valence-electron chi connectivity index (χ3n) is 4.16. The molecule has 0 bridgehead atoms. The van der Waals surface area contributed by atoms with Crippen LogP contribution in [0, 0.1) is 0 Å². The molecule has 0 aliphatic rings. The predicted octanol–water partition coefficient (Wildman–Crippen LogP) is 5.91. The summed E-state index contributed by atoms with van der Waals surface area (Å²) < 4.78 is 4.04. The molecule has 0 fully saturated rings. The van der Waals surface area contributed by atoms with Gasteiger partial charge in [-0.15, -0.1) is 11.8 Å². The highest BCUT2D eigenvalue weighted by atomic mass is 35.5. The van der Waals surface area contributed by atoms with Crippen LogP contribution < -0.4 is 0 Å². The number of nitrogens with zero attached hydrogens (tertiary/aromatic N) is 4. The van der Waals surface area contributed by atoms with Crippen molar-refractivity contribution >= 4 is 35.0 Å². The molecule has 0 aliphatic heterocycles. The molecule has 0 saturated heterocycles. The van der Waals surface area contributed by atoms with E-state index in [2.05, 4.69) is 38.8 Å². The Bertz CT molecular complexity index is 999. The first-order chi connectivity index (χ1) is 13.2. The van der Waals surface area contributed by atoms with Crippen molar-refractivity contribution in [3.05, 3.63) is 95.5 Å². The Hall–Kier alpha value is -2.21. The maximum atomic E-state index is 6.49. The van der Waals surface area contributed by atoms with Gasteiger partial charge < -0.3 is 9.13 Å². The van der Waals surface area contributed by atoms with Crippen LogP contribution in [0.3, 0.4) is 0 Å². The molecule has 4 rings (SSSR count). The minimum absolute atomic E-state index is 0.128. The molecular weight excluding hydrogens is 399 g/mol. The number of imidazole rings is 2. The van der Waals surface area contributed by atoms with Crippen molar-refractivity contribution in [1.82, 2.24) is 19.1 Å². The van der Waals surface area contributed by atoms with Crippen molar-refractivity contribution in [1.29, 1.82) is 0 Å². The van der Waals surface area contributed by atoms with Gasteiger partial charge in [0.2, 0.25) is 0 Å². The molecule has 0 radical (unpaired) electrons. The number of benzene rings is 2. The quantitative estimate of drug-likeness (QED) is 0.368. The summed E-state index contributed by atoms with van der Waals surface area (Å²) in [4.78, 5) is 9.40. The van der Waals surface area contributed by atoms with Gasteiger partial charge in [-0.05, 0) is 42.0 Å². The predicted molar refractivity (Wildman–Crippen MR) is 111 cm³/mol. The summed E-state index contributed by atoms with van der Waals surface area (Å²) in [6.07, 6.45) is 11.0. The van der Waals surface area contributed by atoms with Crippen molar-refractivity contribution in [2.75, 3.05) is 0 Å². The van der Waals surface area contributed by atoms with E-state index in [0.717, 1.165) is 22.7 Å². The summed E-state index contributed by atoms with van der Waals surface area (Å²) in [5.41, 5.74) is 2.13. The van der Waals surface area contributed by atoms with Crippen LogP contribution in [0.4, 0.5) is 0 Å². The van der Waals surface area contributed by atoms with Crippen LogP contribution in [0.2, 0.25) is 10.0 Å². The number of hydrogen-bond donors (Lipinski definition) is 0. The van der Waals surface area contributed by atoms with E-state index in [0.29, 0.717) is 10.0 Å². The second-order valence-corrected chi connectivity index (χ2v) is 8.12. The van der Waals surface area contributed by atoms with Gasteiger partial charge in [-0.1, -0.05) is 29.3 Å². The third-order valence-corrected chi connectivity index (χ3v) is 5.96. The van der Waals surface area contributed by atoms with E-state index < -0.39 is 0 Å². The van der Waals surface area contributed by atoms with Gasteiger partial charge in [-0.3, -0.25) is 0 Å². The molecule has 0 spiro atoms. The van der Waals surface area contributed by atoms with E-state index in [1.807, 2.05) is 35.4 Å². The third kappa shape index (κ3) is 4.38. The molecule has 2 heterocycles. The van der Waals surface area contributed by atoms with Gasteiger partial charge in [0.1, 0.15) is 0 Å². The second-order valence-electron chi connectivity index (χ2n) is 6.00. The fraction of sp³-hybridized carbons (Fsp3) is 0.100. The highest BCUT2D eigenvalue weighted by Gasteiger charge is 2.17. The Labute approximate surface area is 171 Å². The minimum atomic E-state index is 0.128. The van der Waals surface area contributed by atoms with Crippen LogP contribution in [-0.4, -0.2) is 19.1 Å². The molecule has 27 heavy (non-hydrogen) atoms. The van der Waals surface area contributed by atoms with Gasteiger partial charge >= 0.3 is 0 Å². The summed E-state index contributed by atoms with van der Waals surface area (Å²) in [6, 6.07) is 14.1. The van der Waals surface area contributed by atoms with E-state index >= 15 is 0 Å². The zero-order chi connectivity index (χ0) is 18.6. The maximum absolute atomic E-state index is 6.49. The van der Waals surface area contributed by atoms with Gasteiger partial charge in [0.05, 0.1) is 17.9 Å². The van der Waals surface area contributed by atoms with E-state index in [1.165, 1.54) is 0 Å². The molecule has 1 atom stereocenters. The first kappa shape index (κ1) is 18.2. The van der Waals surface area contributed by atoms with Crippen molar-refractivity contribution in [3.63, 3.8) is 0 Å². The second kappa shape index (κ2) is 8.21. The SMILES string of the molecule is Clc1ccc(C(Cn2ccnc2)Sc2ccc(-n3ccnc3)cc2)c(Cl)c1. The van der Waals surface area contributed by atoms with Crippen LogP contribution in [-0.2, 0) is 6.54 Å². The molecule has 136 valence electrons. The summed E-state index contributed by atoms with van der Waals surface area (Å²) in [5.74, 6) is 0. The zero-order valence-corrected chi connectivity index (χ0v) is 16.6. The Morgan fingerprint density at radius 2 is 1.70 bits per heavy atom.